The second kappa shape index (κ2) is 6.34. The minimum atomic E-state index is -0.363. The first-order valence-electron chi connectivity index (χ1n) is 6.15. The lowest BCUT2D eigenvalue weighted by Crippen LogP contribution is -2.29. The maximum Gasteiger partial charge on any atom is 0.319 e. The Balaban J connectivity index is 1.97. The molecule has 0 saturated carbocycles. The number of urea groups is 1. The number of hydrogen-bond acceptors (Lipinski definition) is 3. The number of para-hydroxylation sites is 1. The lowest BCUT2D eigenvalue weighted by atomic mass is 10.2. The molecule has 100 valence electrons. The number of carbonyl (C=O) groups is 1. The van der Waals surface area contributed by atoms with E-state index < -0.39 is 0 Å². The molecule has 2 N–H and O–H groups in total. The molecule has 0 fully saturated rings. The van der Waals surface area contributed by atoms with Crippen LogP contribution < -0.4 is 10.6 Å². The van der Waals surface area contributed by atoms with Gasteiger partial charge in [-0.1, -0.05) is 18.2 Å². The number of pyridine rings is 1. The van der Waals surface area contributed by atoms with Crippen molar-refractivity contribution in [2.24, 2.45) is 0 Å². The van der Waals surface area contributed by atoms with Crippen molar-refractivity contribution in [1.29, 1.82) is 5.26 Å². The third-order valence-electron chi connectivity index (χ3n) is 2.83. The van der Waals surface area contributed by atoms with Crippen LogP contribution in [-0.4, -0.2) is 11.0 Å². The van der Waals surface area contributed by atoms with E-state index in [9.17, 15) is 4.79 Å². The van der Waals surface area contributed by atoms with Crippen LogP contribution in [0, 0.1) is 18.3 Å². The minimum Gasteiger partial charge on any atom is -0.332 e. The maximum absolute atomic E-state index is 11.8. The van der Waals surface area contributed by atoms with Gasteiger partial charge in [-0.2, -0.15) is 5.26 Å². The summed E-state index contributed by atoms with van der Waals surface area (Å²) >= 11 is 0. The zero-order valence-electron chi connectivity index (χ0n) is 11.1. The fourth-order valence-electron chi connectivity index (χ4n) is 1.72. The number of hydrogen-bond donors (Lipinski definition) is 2. The normalized spacial score (nSPS) is 9.60. The monoisotopic (exact) mass is 266 g/mol. The first-order valence-corrected chi connectivity index (χ1v) is 6.15. The van der Waals surface area contributed by atoms with Crippen LogP contribution in [0.5, 0.6) is 0 Å². The van der Waals surface area contributed by atoms with Crippen molar-refractivity contribution >= 4 is 11.7 Å². The zero-order valence-corrected chi connectivity index (χ0v) is 11.1. The summed E-state index contributed by atoms with van der Waals surface area (Å²) in [5.74, 6) is 0. The summed E-state index contributed by atoms with van der Waals surface area (Å²) in [5.41, 5.74) is 2.75. The van der Waals surface area contributed by atoms with E-state index in [-0.39, 0.29) is 6.03 Å². The zero-order chi connectivity index (χ0) is 14.4. The summed E-state index contributed by atoms with van der Waals surface area (Å²) in [5, 5.41) is 14.3. The molecule has 0 aliphatic carbocycles. The van der Waals surface area contributed by atoms with Gasteiger partial charge >= 0.3 is 6.03 Å². The molecule has 0 bridgehead atoms. The predicted molar refractivity (Wildman–Crippen MR) is 76.0 cm³/mol. The van der Waals surface area contributed by atoms with Crippen molar-refractivity contribution in [3.8, 4) is 6.07 Å². The number of aromatic nitrogens is 1. The number of amides is 2. The van der Waals surface area contributed by atoms with Crippen molar-refractivity contribution < 1.29 is 4.79 Å². The van der Waals surface area contributed by atoms with Gasteiger partial charge in [-0.25, -0.2) is 4.79 Å². The van der Waals surface area contributed by atoms with Crippen molar-refractivity contribution in [2.75, 3.05) is 5.32 Å². The van der Waals surface area contributed by atoms with Gasteiger partial charge in [0.05, 0.1) is 23.5 Å². The van der Waals surface area contributed by atoms with Crippen LogP contribution in [0.25, 0.3) is 0 Å². The van der Waals surface area contributed by atoms with Crippen molar-refractivity contribution in [1.82, 2.24) is 10.3 Å². The van der Waals surface area contributed by atoms with Gasteiger partial charge in [0.2, 0.25) is 0 Å². The number of carbonyl (C=O) groups excluding carboxylic acids is 1. The summed E-state index contributed by atoms with van der Waals surface area (Å²) in [4.78, 5) is 16.0. The molecule has 2 rings (SSSR count). The molecule has 2 aromatic rings. The fraction of sp³-hybridized carbons (Fsp3) is 0.133. The van der Waals surface area contributed by atoms with Gasteiger partial charge in [-0.3, -0.25) is 4.98 Å². The van der Waals surface area contributed by atoms with Crippen LogP contribution in [0.3, 0.4) is 0 Å². The standard InChI is InChI=1S/C15H14N4O/c1-11-5-4-8-17-14(11)10-18-15(20)19-13-7-3-2-6-12(13)9-16/h2-8H,10H2,1H3,(H2,18,19,20). The Morgan fingerprint density at radius 3 is 2.85 bits per heavy atom. The second-order valence-corrected chi connectivity index (χ2v) is 4.23. The second-order valence-electron chi connectivity index (χ2n) is 4.23. The smallest absolute Gasteiger partial charge is 0.319 e. The summed E-state index contributed by atoms with van der Waals surface area (Å²) in [6.45, 7) is 2.28. The summed E-state index contributed by atoms with van der Waals surface area (Å²) in [6.07, 6.45) is 1.69. The van der Waals surface area contributed by atoms with E-state index in [0.717, 1.165) is 11.3 Å². The van der Waals surface area contributed by atoms with Gasteiger partial charge in [0, 0.05) is 6.20 Å². The molecule has 0 atom stereocenters. The molecule has 1 aromatic carbocycles. The molecule has 0 aliphatic heterocycles. The largest absolute Gasteiger partial charge is 0.332 e. The van der Waals surface area contributed by atoms with E-state index in [1.807, 2.05) is 25.1 Å². The fourth-order valence-corrected chi connectivity index (χ4v) is 1.72. The van der Waals surface area contributed by atoms with E-state index in [1.165, 1.54) is 0 Å². The third-order valence-corrected chi connectivity index (χ3v) is 2.83. The lowest BCUT2D eigenvalue weighted by Gasteiger charge is -2.09. The van der Waals surface area contributed by atoms with Gasteiger partial charge in [0.1, 0.15) is 6.07 Å². The van der Waals surface area contributed by atoms with Crippen molar-refractivity contribution in [2.45, 2.75) is 13.5 Å². The van der Waals surface area contributed by atoms with Crippen LogP contribution in [0.1, 0.15) is 16.8 Å². The molecule has 0 radical (unpaired) electrons. The average Bonchev–Trinajstić information content (AvgIpc) is 2.47. The highest BCUT2D eigenvalue weighted by Gasteiger charge is 2.06. The van der Waals surface area contributed by atoms with Gasteiger partial charge < -0.3 is 10.6 Å². The Kier molecular flexibility index (Phi) is 4.30. The predicted octanol–water partition coefficient (Wildman–Crippen LogP) is 2.58. The number of aryl methyl sites for hydroxylation is 1. The molecular weight excluding hydrogens is 252 g/mol. The van der Waals surface area contributed by atoms with Gasteiger partial charge in [-0.05, 0) is 30.7 Å². The first kappa shape index (κ1) is 13.6. The van der Waals surface area contributed by atoms with E-state index >= 15 is 0 Å². The Hall–Kier alpha value is -2.87. The number of nitrogens with one attached hydrogen (secondary N) is 2. The Morgan fingerprint density at radius 2 is 2.10 bits per heavy atom. The number of rotatable bonds is 3. The Labute approximate surface area is 117 Å². The molecule has 1 aromatic heterocycles. The van der Waals surface area contributed by atoms with E-state index in [0.29, 0.717) is 17.8 Å². The van der Waals surface area contributed by atoms with E-state index in [4.69, 9.17) is 5.26 Å². The SMILES string of the molecule is Cc1cccnc1CNC(=O)Nc1ccccc1C#N. The van der Waals surface area contributed by atoms with Crippen LogP contribution in [0.2, 0.25) is 0 Å². The molecule has 0 unspecified atom stereocenters. The van der Waals surface area contributed by atoms with Crippen molar-refractivity contribution in [3.63, 3.8) is 0 Å². The molecule has 1 heterocycles. The summed E-state index contributed by atoms with van der Waals surface area (Å²) in [6, 6.07) is 12.3. The highest BCUT2D eigenvalue weighted by Crippen LogP contribution is 2.13. The van der Waals surface area contributed by atoms with Crippen LogP contribution in [0.15, 0.2) is 42.6 Å². The highest BCUT2D eigenvalue weighted by molar-refractivity contribution is 5.90. The summed E-state index contributed by atoms with van der Waals surface area (Å²) in [7, 11) is 0. The minimum absolute atomic E-state index is 0.341. The van der Waals surface area contributed by atoms with E-state index in [2.05, 4.69) is 15.6 Å². The number of nitriles is 1. The quantitative estimate of drug-likeness (QED) is 0.896. The molecular formula is C15H14N4O. The average molecular weight is 266 g/mol. The molecule has 2 amide bonds. The topological polar surface area (TPSA) is 77.8 Å². The Bertz CT molecular complexity index is 661. The maximum atomic E-state index is 11.8. The van der Waals surface area contributed by atoms with Gasteiger partial charge in [0.15, 0.2) is 0 Å². The molecule has 5 nitrogen and oxygen atoms in total. The first-order chi connectivity index (χ1) is 9.70. The van der Waals surface area contributed by atoms with E-state index in [1.54, 1.807) is 30.5 Å². The number of benzene rings is 1. The van der Waals surface area contributed by atoms with Crippen LogP contribution >= 0.6 is 0 Å². The van der Waals surface area contributed by atoms with Crippen LogP contribution in [-0.2, 0) is 6.54 Å². The van der Waals surface area contributed by atoms with Gasteiger partial charge in [-0.15, -0.1) is 0 Å². The van der Waals surface area contributed by atoms with Gasteiger partial charge in [0.25, 0.3) is 0 Å². The molecule has 0 aliphatic rings. The number of nitrogens with zero attached hydrogens (tertiary/aromatic N) is 2. The van der Waals surface area contributed by atoms with Crippen molar-refractivity contribution in [3.05, 3.63) is 59.4 Å². The third kappa shape index (κ3) is 3.33. The number of anilines is 1. The summed E-state index contributed by atoms with van der Waals surface area (Å²) < 4.78 is 0. The Morgan fingerprint density at radius 1 is 1.30 bits per heavy atom. The van der Waals surface area contributed by atoms with Crippen LogP contribution in [0.4, 0.5) is 10.5 Å². The molecule has 20 heavy (non-hydrogen) atoms. The molecule has 0 saturated heterocycles. The molecule has 5 heteroatoms. The molecule has 0 spiro atoms. The lowest BCUT2D eigenvalue weighted by molar-refractivity contribution is 0.251. The highest BCUT2D eigenvalue weighted by atomic mass is 16.2.